The van der Waals surface area contributed by atoms with E-state index >= 15 is 0 Å². The first-order valence-corrected chi connectivity index (χ1v) is 11.3. The fraction of sp³-hybridized carbons (Fsp3) is 0.222. The number of nitrogens with zero attached hydrogens (tertiary/aromatic N) is 1. The first kappa shape index (κ1) is 21.1. The Kier molecular flexibility index (Phi) is 5.75. The molecule has 1 atom stereocenters. The van der Waals surface area contributed by atoms with Gasteiger partial charge in [-0.25, -0.2) is 0 Å². The lowest BCUT2D eigenvalue weighted by atomic mass is 10.0. The Hall–Kier alpha value is -3.77. The van der Waals surface area contributed by atoms with Gasteiger partial charge in [-0.2, -0.15) is 0 Å². The largest absolute Gasteiger partial charge is 0.491 e. The van der Waals surface area contributed by atoms with Crippen LogP contribution in [0.1, 0.15) is 23.7 Å². The van der Waals surface area contributed by atoms with Crippen molar-refractivity contribution in [3.63, 3.8) is 0 Å². The van der Waals surface area contributed by atoms with Crippen LogP contribution >= 0.6 is 0 Å². The lowest BCUT2D eigenvalue weighted by Crippen LogP contribution is -2.32. The Morgan fingerprint density at radius 3 is 2.88 bits per heavy atom. The van der Waals surface area contributed by atoms with E-state index < -0.39 is 0 Å². The molecule has 1 aromatic heterocycles. The van der Waals surface area contributed by atoms with Gasteiger partial charge in [0.15, 0.2) is 0 Å². The van der Waals surface area contributed by atoms with Crippen LogP contribution in [0.4, 0.5) is 11.4 Å². The highest BCUT2D eigenvalue weighted by atomic mass is 16.5. The van der Waals surface area contributed by atoms with Crippen molar-refractivity contribution in [1.82, 2.24) is 4.98 Å². The molecule has 0 bridgehead atoms. The number of aromatic nitrogens is 1. The maximum Gasteiger partial charge on any atom is 0.258 e. The number of H-pyrrole nitrogens is 1. The molecule has 168 valence electrons. The van der Waals surface area contributed by atoms with Gasteiger partial charge in [-0.1, -0.05) is 18.2 Å². The Labute approximate surface area is 192 Å². The summed E-state index contributed by atoms with van der Waals surface area (Å²) in [7, 11) is 0. The van der Waals surface area contributed by atoms with Crippen LogP contribution in [0, 0.1) is 0 Å². The van der Waals surface area contributed by atoms with Crippen molar-refractivity contribution >= 4 is 28.2 Å². The van der Waals surface area contributed by atoms with E-state index in [-0.39, 0.29) is 25.2 Å². The summed E-state index contributed by atoms with van der Waals surface area (Å²) >= 11 is 0. The van der Waals surface area contributed by atoms with Crippen LogP contribution in [0.2, 0.25) is 0 Å². The molecule has 0 spiro atoms. The summed E-state index contributed by atoms with van der Waals surface area (Å²) in [5.74, 6) is 0.513. The van der Waals surface area contributed by atoms with E-state index in [0.29, 0.717) is 17.9 Å². The molecule has 4 aromatic rings. The minimum absolute atomic E-state index is 0.0696. The predicted octanol–water partition coefficient (Wildman–Crippen LogP) is 5.06. The standard InChI is InChI=1S/C27H27N3O3/c1-18-11-13-30(25-5-3-2-4-24(25)29-18)27(32)21-6-8-22(26(17-21)33-15-14-31)19-7-9-23-20(16-19)10-12-28-23/h2-10,12,16-18,28-29,31H,11,13-15H2,1H3. The van der Waals surface area contributed by atoms with Gasteiger partial charge in [0.05, 0.1) is 18.0 Å². The molecule has 0 radical (unpaired) electrons. The molecule has 1 aliphatic rings. The zero-order valence-electron chi connectivity index (χ0n) is 18.5. The Morgan fingerprint density at radius 1 is 1.12 bits per heavy atom. The monoisotopic (exact) mass is 441 g/mol. The van der Waals surface area contributed by atoms with Gasteiger partial charge in [0.25, 0.3) is 5.91 Å². The van der Waals surface area contributed by atoms with Gasteiger partial charge in [-0.05, 0) is 72.8 Å². The fourth-order valence-electron chi connectivity index (χ4n) is 4.37. The van der Waals surface area contributed by atoms with Gasteiger partial charge < -0.3 is 25.0 Å². The highest BCUT2D eigenvalue weighted by molar-refractivity contribution is 6.08. The number of carbonyl (C=O) groups is 1. The normalized spacial score (nSPS) is 15.6. The predicted molar refractivity (Wildman–Crippen MR) is 132 cm³/mol. The number of aromatic amines is 1. The first-order chi connectivity index (χ1) is 16.1. The van der Waals surface area contributed by atoms with E-state index in [0.717, 1.165) is 39.8 Å². The van der Waals surface area contributed by atoms with Gasteiger partial charge in [-0.3, -0.25) is 4.79 Å². The second-order valence-corrected chi connectivity index (χ2v) is 8.37. The molecule has 1 unspecified atom stereocenters. The summed E-state index contributed by atoms with van der Waals surface area (Å²) in [4.78, 5) is 18.7. The van der Waals surface area contributed by atoms with Crippen LogP contribution in [0.5, 0.6) is 5.75 Å². The lowest BCUT2D eigenvalue weighted by molar-refractivity contribution is 0.0986. The summed E-state index contributed by atoms with van der Waals surface area (Å²) in [5.41, 5.74) is 5.34. The molecular weight excluding hydrogens is 414 g/mol. The van der Waals surface area contributed by atoms with Crippen molar-refractivity contribution in [1.29, 1.82) is 0 Å². The van der Waals surface area contributed by atoms with Crippen molar-refractivity contribution < 1.29 is 14.6 Å². The third-order valence-electron chi connectivity index (χ3n) is 6.07. The Morgan fingerprint density at radius 2 is 2.00 bits per heavy atom. The average Bonchev–Trinajstić information content (AvgIpc) is 3.24. The van der Waals surface area contributed by atoms with Crippen molar-refractivity contribution in [2.75, 3.05) is 30.0 Å². The molecule has 0 saturated carbocycles. The number of nitrogens with one attached hydrogen (secondary N) is 2. The molecule has 1 aliphatic heterocycles. The summed E-state index contributed by atoms with van der Waals surface area (Å²) in [6.45, 7) is 2.81. The number of carbonyl (C=O) groups excluding carboxylic acids is 1. The smallest absolute Gasteiger partial charge is 0.258 e. The lowest BCUT2D eigenvalue weighted by Gasteiger charge is -2.23. The molecule has 6 nitrogen and oxygen atoms in total. The minimum atomic E-state index is -0.0997. The fourth-order valence-corrected chi connectivity index (χ4v) is 4.37. The van der Waals surface area contributed by atoms with Crippen LogP contribution in [-0.2, 0) is 0 Å². The third kappa shape index (κ3) is 4.17. The topological polar surface area (TPSA) is 77.6 Å². The number of ether oxygens (including phenoxy) is 1. The molecule has 6 heteroatoms. The maximum absolute atomic E-state index is 13.6. The number of fused-ring (bicyclic) bond motifs is 2. The summed E-state index contributed by atoms with van der Waals surface area (Å²) in [5, 5.41) is 13.9. The third-order valence-corrected chi connectivity index (χ3v) is 6.07. The minimum Gasteiger partial charge on any atom is -0.491 e. The van der Waals surface area contributed by atoms with Gasteiger partial charge in [-0.15, -0.1) is 0 Å². The van der Waals surface area contributed by atoms with Crippen LogP contribution in [0.15, 0.2) is 72.9 Å². The number of rotatable bonds is 5. The molecule has 0 saturated heterocycles. The second-order valence-electron chi connectivity index (χ2n) is 8.37. The molecule has 5 rings (SSSR count). The number of aliphatic hydroxyl groups excluding tert-OH is 1. The molecule has 2 heterocycles. The van der Waals surface area contributed by atoms with E-state index in [2.05, 4.69) is 23.3 Å². The van der Waals surface area contributed by atoms with E-state index in [9.17, 15) is 9.90 Å². The molecular formula is C27H27N3O3. The summed E-state index contributed by atoms with van der Waals surface area (Å²) < 4.78 is 5.88. The van der Waals surface area contributed by atoms with Crippen molar-refractivity contribution in [3.8, 4) is 16.9 Å². The zero-order chi connectivity index (χ0) is 22.8. The Bertz CT molecular complexity index is 1300. The summed E-state index contributed by atoms with van der Waals surface area (Å²) in [6.07, 6.45) is 2.76. The number of hydrogen-bond donors (Lipinski definition) is 3. The van der Waals surface area contributed by atoms with Crippen molar-refractivity contribution in [2.24, 2.45) is 0 Å². The molecule has 33 heavy (non-hydrogen) atoms. The number of amides is 1. The zero-order valence-corrected chi connectivity index (χ0v) is 18.5. The SMILES string of the molecule is CC1CCN(C(=O)c2ccc(-c3ccc4[nH]ccc4c3)c(OCCO)c2)c2ccccc2N1. The molecule has 0 aliphatic carbocycles. The number of aliphatic hydroxyl groups is 1. The second kappa shape index (κ2) is 9.00. The van der Waals surface area contributed by atoms with Crippen molar-refractivity contribution in [3.05, 3.63) is 78.5 Å². The maximum atomic E-state index is 13.6. The first-order valence-electron chi connectivity index (χ1n) is 11.3. The van der Waals surface area contributed by atoms with Gasteiger partial charge in [0, 0.05) is 35.4 Å². The summed E-state index contributed by atoms with van der Waals surface area (Å²) in [6, 6.07) is 21.9. The molecule has 3 aromatic carbocycles. The van der Waals surface area contributed by atoms with Crippen LogP contribution in [0.25, 0.3) is 22.0 Å². The van der Waals surface area contributed by atoms with Gasteiger partial charge in [0.2, 0.25) is 0 Å². The van der Waals surface area contributed by atoms with Crippen LogP contribution in [-0.4, -0.2) is 41.8 Å². The number of para-hydroxylation sites is 2. The number of anilines is 2. The van der Waals surface area contributed by atoms with E-state index in [1.165, 1.54) is 0 Å². The van der Waals surface area contributed by atoms with Gasteiger partial charge in [0.1, 0.15) is 12.4 Å². The van der Waals surface area contributed by atoms with Crippen LogP contribution < -0.4 is 15.0 Å². The molecule has 0 fully saturated rings. The van der Waals surface area contributed by atoms with Crippen molar-refractivity contribution in [2.45, 2.75) is 19.4 Å². The van der Waals surface area contributed by atoms with E-state index in [1.54, 1.807) is 6.07 Å². The van der Waals surface area contributed by atoms with E-state index in [4.69, 9.17) is 4.74 Å². The van der Waals surface area contributed by atoms with Gasteiger partial charge >= 0.3 is 0 Å². The molecule has 3 N–H and O–H groups in total. The highest BCUT2D eigenvalue weighted by Crippen LogP contribution is 2.35. The van der Waals surface area contributed by atoms with Crippen LogP contribution in [0.3, 0.4) is 0 Å². The Balaban J connectivity index is 1.53. The average molecular weight is 442 g/mol. The number of benzene rings is 3. The number of hydrogen-bond acceptors (Lipinski definition) is 4. The quantitative estimate of drug-likeness (QED) is 0.405. The molecule has 1 amide bonds. The highest BCUT2D eigenvalue weighted by Gasteiger charge is 2.25. The van der Waals surface area contributed by atoms with E-state index in [1.807, 2.05) is 65.7 Å².